The van der Waals surface area contributed by atoms with E-state index in [-0.39, 0.29) is 12.0 Å². The van der Waals surface area contributed by atoms with Crippen LogP contribution in [0.25, 0.3) is 0 Å². The number of carboxylic acid groups (broad SMARTS) is 1. The molecule has 100 valence electrons. The van der Waals surface area contributed by atoms with E-state index in [4.69, 9.17) is 14.7 Å². The SMILES string of the molecule is COc1cccc(CC(=O)O)c1NOC(C)(C)C. The summed E-state index contributed by atoms with van der Waals surface area (Å²) in [6.45, 7) is 5.69. The fraction of sp³-hybridized carbons (Fsp3) is 0.462. The highest BCUT2D eigenvalue weighted by Gasteiger charge is 2.16. The first-order valence-corrected chi connectivity index (χ1v) is 5.65. The maximum absolute atomic E-state index is 10.8. The number of hydrogen-bond donors (Lipinski definition) is 2. The molecule has 0 unspecified atom stereocenters. The zero-order valence-corrected chi connectivity index (χ0v) is 11.1. The van der Waals surface area contributed by atoms with Crippen LogP contribution < -0.4 is 10.2 Å². The van der Waals surface area contributed by atoms with Crippen molar-refractivity contribution in [2.45, 2.75) is 32.8 Å². The monoisotopic (exact) mass is 253 g/mol. The molecule has 0 heterocycles. The van der Waals surface area contributed by atoms with Crippen molar-refractivity contribution in [1.82, 2.24) is 0 Å². The Bertz CT molecular complexity index is 423. The van der Waals surface area contributed by atoms with Crippen LogP contribution in [0.5, 0.6) is 5.75 Å². The van der Waals surface area contributed by atoms with Crippen LogP contribution in [0, 0.1) is 0 Å². The Morgan fingerprint density at radius 3 is 2.56 bits per heavy atom. The molecule has 0 radical (unpaired) electrons. The Labute approximate surface area is 107 Å². The second kappa shape index (κ2) is 5.73. The molecule has 5 nitrogen and oxygen atoms in total. The highest BCUT2D eigenvalue weighted by Crippen LogP contribution is 2.29. The highest BCUT2D eigenvalue weighted by molar-refractivity contribution is 5.75. The predicted octanol–water partition coefficient (Wildman–Crippen LogP) is 2.46. The molecule has 0 fully saturated rings. The number of rotatable bonds is 5. The molecular formula is C13H19NO4. The van der Waals surface area contributed by atoms with E-state index in [2.05, 4.69) is 5.48 Å². The standard InChI is InChI=1S/C13H19NO4/c1-13(2,3)18-14-12-9(8-11(15)16)6-5-7-10(12)17-4/h5-7,14H,8H2,1-4H3,(H,15,16). The number of carbonyl (C=O) groups is 1. The first-order chi connectivity index (χ1) is 8.33. The number of aliphatic carboxylic acids is 1. The van der Waals surface area contributed by atoms with Crippen molar-refractivity contribution in [3.63, 3.8) is 0 Å². The zero-order valence-electron chi connectivity index (χ0n) is 11.1. The van der Waals surface area contributed by atoms with Crippen LogP contribution in [0.15, 0.2) is 18.2 Å². The van der Waals surface area contributed by atoms with Crippen LogP contribution in [0.4, 0.5) is 5.69 Å². The molecule has 2 N–H and O–H groups in total. The van der Waals surface area contributed by atoms with Crippen LogP contribution in [0.3, 0.4) is 0 Å². The average molecular weight is 253 g/mol. The molecule has 0 aliphatic heterocycles. The number of ether oxygens (including phenoxy) is 1. The Kier molecular flexibility index (Phi) is 4.55. The molecule has 0 amide bonds. The smallest absolute Gasteiger partial charge is 0.307 e. The molecule has 0 spiro atoms. The highest BCUT2D eigenvalue weighted by atomic mass is 16.7. The van der Waals surface area contributed by atoms with Gasteiger partial charge in [-0.05, 0) is 32.4 Å². The van der Waals surface area contributed by atoms with Crippen molar-refractivity contribution in [3.05, 3.63) is 23.8 Å². The minimum absolute atomic E-state index is 0.0902. The van der Waals surface area contributed by atoms with Crippen LogP contribution in [-0.2, 0) is 16.1 Å². The van der Waals surface area contributed by atoms with Crippen LogP contribution in [0.2, 0.25) is 0 Å². The Balaban J connectivity index is 3.00. The van der Waals surface area contributed by atoms with Crippen molar-refractivity contribution in [3.8, 4) is 5.75 Å². The van der Waals surface area contributed by atoms with Crippen molar-refractivity contribution in [2.24, 2.45) is 0 Å². The van der Waals surface area contributed by atoms with Gasteiger partial charge in [-0.25, -0.2) is 0 Å². The molecule has 1 aromatic carbocycles. The molecule has 0 atom stereocenters. The van der Waals surface area contributed by atoms with Gasteiger partial charge >= 0.3 is 5.97 Å². The second-order valence-corrected chi connectivity index (χ2v) is 4.88. The first kappa shape index (κ1) is 14.3. The van der Waals surface area contributed by atoms with Gasteiger partial charge < -0.3 is 9.84 Å². The second-order valence-electron chi connectivity index (χ2n) is 4.88. The molecule has 0 aliphatic rings. The minimum Gasteiger partial charge on any atom is -0.494 e. The lowest BCUT2D eigenvalue weighted by Crippen LogP contribution is -2.23. The van der Waals surface area contributed by atoms with E-state index in [0.717, 1.165) is 0 Å². The van der Waals surface area contributed by atoms with Crippen LogP contribution >= 0.6 is 0 Å². The molecule has 0 saturated heterocycles. The van der Waals surface area contributed by atoms with Gasteiger partial charge in [0.05, 0.1) is 19.1 Å². The third-order valence-electron chi connectivity index (χ3n) is 2.13. The summed E-state index contributed by atoms with van der Waals surface area (Å²) in [6.07, 6.45) is -0.0902. The lowest BCUT2D eigenvalue weighted by Gasteiger charge is -2.22. The van der Waals surface area contributed by atoms with Gasteiger partial charge in [0, 0.05) is 0 Å². The molecule has 0 saturated carbocycles. The lowest BCUT2D eigenvalue weighted by molar-refractivity contribution is -0.136. The van der Waals surface area contributed by atoms with E-state index >= 15 is 0 Å². The number of methoxy groups -OCH3 is 1. The fourth-order valence-electron chi connectivity index (χ4n) is 1.38. The van der Waals surface area contributed by atoms with Gasteiger partial charge in [-0.1, -0.05) is 12.1 Å². The van der Waals surface area contributed by atoms with E-state index in [1.165, 1.54) is 7.11 Å². The predicted molar refractivity (Wildman–Crippen MR) is 68.8 cm³/mol. The summed E-state index contributed by atoms with van der Waals surface area (Å²) in [7, 11) is 1.53. The molecule has 0 aromatic heterocycles. The van der Waals surface area contributed by atoms with E-state index in [1.807, 2.05) is 20.8 Å². The normalized spacial score (nSPS) is 11.1. The fourth-order valence-corrected chi connectivity index (χ4v) is 1.38. The minimum atomic E-state index is -0.901. The molecular weight excluding hydrogens is 234 g/mol. The van der Waals surface area contributed by atoms with Crippen molar-refractivity contribution in [2.75, 3.05) is 12.6 Å². The summed E-state index contributed by atoms with van der Waals surface area (Å²) >= 11 is 0. The molecule has 0 bridgehead atoms. The zero-order chi connectivity index (χ0) is 13.8. The number of anilines is 1. The topological polar surface area (TPSA) is 67.8 Å². The maximum Gasteiger partial charge on any atom is 0.307 e. The van der Waals surface area contributed by atoms with Gasteiger partial charge in [0.1, 0.15) is 11.4 Å². The van der Waals surface area contributed by atoms with Gasteiger partial charge in [0.25, 0.3) is 0 Å². The molecule has 18 heavy (non-hydrogen) atoms. The van der Waals surface area contributed by atoms with E-state index in [1.54, 1.807) is 18.2 Å². The number of nitrogens with one attached hydrogen (secondary N) is 1. The van der Waals surface area contributed by atoms with Crippen LogP contribution in [-0.4, -0.2) is 23.8 Å². The number of carboxylic acids is 1. The Hall–Kier alpha value is -1.75. The largest absolute Gasteiger partial charge is 0.494 e. The molecule has 0 aliphatic carbocycles. The summed E-state index contributed by atoms with van der Waals surface area (Å²) in [5, 5.41) is 8.87. The van der Waals surface area contributed by atoms with Crippen molar-refractivity contribution in [1.29, 1.82) is 0 Å². The third kappa shape index (κ3) is 4.25. The van der Waals surface area contributed by atoms with Gasteiger partial charge in [0.15, 0.2) is 0 Å². The third-order valence-corrected chi connectivity index (χ3v) is 2.13. The van der Waals surface area contributed by atoms with Crippen LogP contribution in [0.1, 0.15) is 26.3 Å². The van der Waals surface area contributed by atoms with E-state index in [0.29, 0.717) is 17.0 Å². The van der Waals surface area contributed by atoms with Gasteiger partial charge in [0.2, 0.25) is 0 Å². The summed E-state index contributed by atoms with van der Waals surface area (Å²) in [5.41, 5.74) is 3.57. The summed E-state index contributed by atoms with van der Waals surface area (Å²) < 4.78 is 5.20. The van der Waals surface area contributed by atoms with Gasteiger partial charge in [-0.15, -0.1) is 0 Å². The van der Waals surface area contributed by atoms with Gasteiger partial charge in [-0.3, -0.25) is 15.1 Å². The first-order valence-electron chi connectivity index (χ1n) is 5.65. The quantitative estimate of drug-likeness (QED) is 0.789. The van der Waals surface area contributed by atoms with Gasteiger partial charge in [-0.2, -0.15) is 0 Å². The summed E-state index contributed by atoms with van der Waals surface area (Å²) in [4.78, 5) is 16.3. The Morgan fingerprint density at radius 2 is 2.06 bits per heavy atom. The Morgan fingerprint density at radius 1 is 1.39 bits per heavy atom. The molecule has 1 rings (SSSR count). The molecule has 1 aromatic rings. The van der Waals surface area contributed by atoms with Crippen molar-refractivity contribution >= 4 is 11.7 Å². The number of benzene rings is 1. The lowest BCUT2D eigenvalue weighted by atomic mass is 10.1. The van der Waals surface area contributed by atoms with Crippen molar-refractivity contribution < 1.29 is 19.5 Å². The summed E-state index contributed by atoms with van der Waals surface area (Å²) in [6, 6.07) is 5.23. The van der Waals surface area contributed by atoms with E-state index in [9.17, 15) is 4.79 Å². The van der Waals surface area contributed by atoms with E-state index < -0.39 is 5.97 Å². The number of hydrogen-bond acceptors (Lipinski definition) is 4. The number of para-hydroxylation sites is 1. The average Bonchev–Trinajstić information content (AvgIpc) is 2.25. The molecule has 5 heteroatoms. The summed E-state index contributed by atoms with van der Waals surface area (Å²) in [5.74, 6) is -0.347. The maximum atomic E-state index is 10.8.